The molecular weight excluding hydrogens is 179 g/mol. The van der Waals surface area contributed by atoms with Crippen LogP contribution in [-0.4, -0.2) is 5.54 Å². The van der Waals surface area contributed by atoms with E-state index in [9.17, 15) is 4.39 Å². The lowest BCUT2D eigenvalue weighted by Gasteiger charge is -2.08. The highest BCUT2D eigenvalue weighted by Gasteiger charge is 2.05. The molecule has 0 amide bonds. The molecule has 0 unspecified atom stereocenters. The highest BCUT2D eigenvalue weighted by Crippen LogP contribution is 2.09. The van der Waals surface area contributed by atoms with E-state index in [0.29, 0.717) is 6.54 Å². The van der Waals surface area contributed by atoms with Crippen molar-refractivity contribution in [1.29, 1.82) is 0 Å². The van der Waals surface area contributed by atoms with Crippen LogP contribution in [0.5, 0.6) is 0 Å². The van der Waals surface area contributed by atoms with E-state index in [1.807, 2.05) is 20.8 Å². The largest absolute Gasteiger partial charge is 0.207 e. The first-order valence-corrected chi connectivity index (χ1v) is 4.60. The van der Waals surface area contributed by atoms with E-state index in [2.05, 4.69) is 10.2 Å². The van der Waals surface area contributed by atoms with Crippen molar-refractivity contribution in [1.82, 2.24) is 0 Å². The standard InChI is InChI=1S/C11H15FN2/c1-11(2,3)14-13-8-9-4-6-10(12)7-5-9/h4-7H,8H2,1-3H3. The Kier molecular flexibility index (Phi) is 3.33. The van der Waals surface area contributed by atoms with Gasteiger partial charge in [-0.25, -0.2) is 4.39 Å². The Labute approximate surface area is 83.9 Å². The zero-order chi connectivity index (χ0) is 10.6. The van der Waals surface area contributed by atoms with Gasteiger partial charge in [-0.2, -0.15) is 10.2 Å². The first-order valence-electron chi connectivity index (χ1n) is 4.60. The van der Waals surface area contributed by atoms with Crippen molar-refractivity contribution in [3.05, 3.63) is 35.6 Å². The second kappa shape index (κ2) is 4.31. The third kappa shape index (κ3) is 4.12. The minimum Gasteiger partial charge on any atom is -0.207 e. The summed E-state index contributed by atoms with van der Waals surface area (Å²) in [4.78, 5) is 0. The molecule has 1 rings (SSSR count). The average molecular weight is 194 g/mol. The van der Waals surface area contributed by atoms with Crippen LogP contribution in [0, 0.1) is 5.82 Å². The second-order valence-electron chi connectivity index (χ2n) is 4.20. The van der Waals surface area contributed by atoms with Crippen molar-refractivity contribution < 1.29 is 4.39 Å². The lowest BCUT2D eigenvalue weighted by Crippen LogP contribution is -2.07. The number of hydrogen-bond donors (Lipinski definition) is 0. The lowest BCUT2D eigenvalue weighted by atomic mass is 10.1. The fourth-order valence-corrected chi connectivity index (χ4v) is 0.919. The number of benzene rings is 1. The van der Waals surface area contributed by atoms with Crippen molar-refractivity contribution in [2.45, 2.75) is 32.9 Å². The number of rotatable bonds is 2. The minimum atomic E-state index is -0.221. The molecule has 3 heteroatoms. The smallest absolute Gasteiger partial charge is 0.123 e. The number of hydrogen-bond acceptors (Lipinski definition) is 2. The molecule has 0 aliphatic rings. The Morgan fingerprint density at radius 1 is 1.14 bits per heavy atom. The van der Waals surface area contributed by atoms with Crippen LogP contribution in [0.25, 0.3) is 0 Å². The quantitative estimate of drug-likeness (QED) is 0.643. The maximum Gasteiger partial charge on any atom is 0.123 e. The fraction of sp³-hybridized carbons (Fsp3) is 0.455. The minimum absolute atomic E-state index is 0.139. The fourth-order valence-electron chi connectivity index (χ4n) is 0.919. The van der Waals surface area contributed by atoms with Gasteiger partial charge in [-0.05, 0) is 38.5 Å². The molecule has 14 heavy (non-hydrogen) atoms. The lowest BCUT2D eigenvalue weighted by molar-refractivity contribution is 0.537. The van der Waals surface area contributed by atoms with Gasteiger partial charge in [0.1, 0.15) is 5.82 Å². The average Bonchev–Trinajstić information content (AvgIpc) is 2.06. The molecule has 0 bridgehead atoms. The molecule has 0 saturated carbocycles. The van der Waals surface area contributed by atoms with Crippen LogP contribution in [0.4, 0.5) is 4.39 Å². The Bertz CT molecular complexity index is 309. The molecule has 0 N–H and O–H groups in total. The molecule has 0 aliphatic heterocycles. The van der Waals surface area contributed by atoms with E-state index in [1.165, 1.54) is 12.1 Å². The molecule has 0 aromatic heterocycles. The van der Waals surface area contributed by atoms with Crippen LogP contribution < -0.4 is 0 Å². The highest BCUT2D eigenvalue weighted by atomic mass is 19.1. The Morgan fingerprint density at radius 3 is 2.21 bits per heavy atom. The number of nitrogens with zero attached hydrogens (tertiary/aromatic N) is 2. The molecule has 1 aromatic carbocycles. The molecular formula is C11H15FN2. The van der Waals surface area contributed by atoms with Gasteiger partial charge in [0, 0.05) is 0 Å². The Hall–Kier alpha value is -1.25. The maximum absolute atomic E-state index is 12.5. The van der Waals surface area contributed by atoms with Gasteiger partial charge < -0.3 is 0 Å². The summed E-state index contributed by atoms with van der Waals surface area (Å²) in [6.07, 6.45) is 0. The number of halogens is 1. The van der Waals surface area contributed by atoms with Crippen LogP contribution in [-0.2, 0) is 6.54 Å². The zero-order valence-corrected chi connectivity index (χ0v) is 8.79. The Morgan fingerprint density at radius 2 is 1.71 bits per heavy atom. The summed E-state index contributed by atoms with van der Waals surface area (Å²) in [6.45, 7) is 6.47. The van der Waals surface area contributed by atoms with Crippen molar-refractivity contribution in [3.8, 4) is 0 Å². The molecule has 76 valence electrons. The van der Waals surface area contributed by atoms with Crippen molar-refractivity contribution in [3.63, 3.8) is 0 Å². The van der Waals surface area contributed by atoms with E-state index in [-0.39, 0.29) is 11.4 Å². The van der Waals surface area contributed by atoms with Crippen molar-refractivity contribution in [2.24, 2.45) is 10.2 Å². The summed E-state index contributed by atoms with van der Waals surface area (Å²) < 4.78 is 12.5. The summed E-state index contributed by atoms with van der Waals surface area (Å²) in [5, 5.41) is 8.15. The summed E-state index contributed by atoms with van der Waals surface area (Å²) in [5.74, 6) is -0.221. The normalized spacial score (nSPS) is 12.3. The topological polar surface area (TPSA) is 24.7 Å². The molecule has 0 aliphatic carbocycles. The summed E-state index contributed by atoms with van der Waals surface area (Å²) in [7, 11) is 0. The van der Waals surface area contributed by atoms with Crippen LogP contribution in [0.2, 0.25) is 0 Å². The SMILES string of the molecule is CC(C)(C)N=NCc1ccc(F)cc1. The zero-order valence-electron chi connectivity index (χ0n) is 8.79. The summed E-state index contributed by atoms with van der Waals surface area (Å²) >= 11 is 0. The predicted molar refractivity (Wildman–Crippen MR) is 54.7 cm³/mol. The van der Waals surface area contributed by atoms with Crippen LogP contribution >= 0.6 is 0 Å². The van der Waals surface area contributed by atoms with E-state index < -0.39 is 0 Å². The van der Waals surface area contributed by atoms with Crippen molar-refractivity contribution in [2.75, 3.05) is 0 Å². The maximum atomic E-state index is 12.5. The molecule has 0 saturated heterocycles. The molecule has 0 radical (unpaired) electrons. The molecule has 2 nitrogen and oxygen atoms in total. The molecule has 0 spiro atoms. The second-order valence-corrected chi connectivity index (χ2v) is 4.20. The first kappa shape index (κ1) is 10.8. The highest BCUT2D eigenvalue weighted by molar-refractivity contribution is 5.15. The third-order valence-corrected chi connectivity index (χ3v) is 1.54. The van der Waals surface area contributed by atoms with E-state index in [0.717, 1.165) is 5.56 Å². The Balaban J connectivity index is 2.54. The van der Waals surface area contributed by atoms with Gasteiger partial charge in [-0.15, -0.1) is 0 Å². The van der Waals surface area contributed by atoms with Crippen LogP contribution in [0.3, 0.4) is 0 Å². The monoisotopic (exact) mass is 194 g/mol. The van der Waals surface area contributed by atoms with Gasteiger partial charge in [0.05, 0.1) is 12.1 Å². The molecule has 0 fully saturated rings. The van der Waals surface area contributed by atoms with Gasteiger partial charge in [0.25, 0.3) is 0 Å². The van der Waals surface area contributed by atoms with Gasteiger partial charge in [0.15, 0.2) is 0 Å². The van der Waals surface area contributed by atoms with E-state index >= 15 is 0 Å². The number of azo groups is 1. The van der Waals surface area contributed by atoms with E-state index in [4.69, 9.17) is 0 Å². The molecule has 0 heterocycles. The van der Waals surface area contributed by atoms with E-state index in [1.54, 1.807) is 12.1 Å². The van der Waals surface area contributed by atoms with Gasteiger partial charge in [-0.1, -0.05) is 12.1 Å². The van der Waals surface area contributed by atoms with Gasteiger partial charge in [0.2, 0.25) is 0 Å². The van der Waals surface area contributed by atoms with Gasteiger partial charge >= 0.3 is 0 Å². The molecule has 0 atom stereocenters. The van der Waals surface area contributed by atoms with Crippen LogP contribution in [0.15, 0.2) is 34.5 Å². The predicted octanol–water partition coefficient (Wildman–Crippen LogP) is 3.58. The summed E-state index contributed by atoms with van der Waals surface area (Å²) in [6, 6.07) is 6.30. The van der Waals surface area contributed by atoms with Crippen molar-refractivity contribution >= 4 is 0 Å². The molecule has 1 aromatic rings. The van der Waals surface area contributed by atoms with Crippen LogP contribution in [0.1, 0.15) is 26.3 Å². The van der Waals surface area contributed by atoms with Gasteiger partial charge in [-0.3, -0.25) is 0 Å². The summed E-state index contributed by atoms with van der Waals surface area (Å²) in [5.41, 5.74) is 0.833. The third-order valence-electron chi connectivity index (χ3n) is 1.54. The first-order chi connectivity index (χ1) is 6.47.